The molecular weight excluding hydrogens is 286 g/mol. The molecule has 1 aromatic rings. The molecule has 1 unspecified atom stereocenters. The van der Waals surface area contributed by atoms with Crippen molar-refractivity contribution in [1.29, 1.82) is 5.26 Å². The van der Waals surface area contributed by atoms with E-state index in [-0.39, 0.29) is 21.6 Å². The standard InChI is InChI=1S/C11H15N3O3S2/c1-19(15,16)10-9(13)8(5-12)18-11(10)14-6-7-3-2-4-17-7/h7,14H,2-4,6,13H2,1H3. The molecule has 1 saturated heterocycles. The van der Waals surface area contributed by atoms with Crippen LogP contribution in [0.2, 0.25) is 0 Å². The third-order valence-electron chi connectivity index (χ3n) is 2.89. The van der Waals surface area contributed by atoms with Crippen LogP contribution in [0.5, 0.6) is 0 Å². The Morgan fingerprint density at radius 3 is 2.89 bits per heavy atom. The van der Waals surface area contributed by atoms with Gasteiger partial charge in [0.2, 0.25) is 0 Å². The summed E-state index contributed by atoms with van der Waals surface area (Å²) in [5, 5.41) is 12.4. The summed E-state index contributed by atoms with van der Waals surface area (Å²) in [6.07, 6.45) is 3.14. The Kier molecular flexibility index (Phi) is 3.99. The van der Waals surface area contributed by atoms with Crippen molar-refractivity contribution >= 4 is 31.9 Å². The van der Waals surface area contributed by atoms with Gasteiger partial charge in [-0.2, -0.15) is 5.26 Å². The van der Waals surface area contributed by atoms with Gasteiger partial charge in [0, 0.05) is 19.4 Å². The number of nitrogens with two attached hydrogens (primary N) is 1. The van der Waals surface area contributed by atoms with E-state index < -0.39 is 9.84 Å². The first-order valence-corrected chi connectivity index (χ1v) is 8.52. The van der Waals surface area contributed by atoms with Crippen LogP contribution in [0.1, 0.15) is 17.7 Å². The molecule has 2 heterocycles. The van der Waals surface area contributed by atoms with Crippen molar-refractivity contribution in [3.05, 3.63) is 4.88 Å². The van der Waals surface area contributed by atoms with Gasteiger partial charge in [0.25, 0.3) is 0 Å². The van der Waals surface area contributed by atoms with Crippen molar-refractivity contribution < 1.29 is 13.2 Å². The largest absolute Gasteiger partial charge is 0.396 e. The highest BCUT2D eigenvalue weighted by molar-refractivity contribution is 7.91. The molecule has 0 spiro atoms. The first kappa shape index (κ1) is 14.1. The topological polar surface area (TPSA) is 105 Å². The molecule has 0 aliphatic carbocycles. The minimum absolute atomic E-state index is 0.0204. The zero-order valence-corrected chi connectivity index (χ0v) is 12.1. The minimum Gasteiger partial charge on any atom is -0.396 e. The van der Waals surface area contributed by atoms with E-state index >= 15 is 0 Å². The summed E-state index contributed by atoms with van der Waals surface area (Å²) < 4.78 is 29.0. The van der Waals surface area contributed by atoms with Crippen molar-refractivity contribution in [3.63, 3.8) is 0 Å². The molecule has 1 atom stereocenters. The van der Waals surface area contributed by atoms with Crippen LogP contribution in [0.15, 0.2) is 4.90 Å². The number of nitrogen functional groups attached to an aromatic ring is 1. The van der Waals surface area contributed by atoms with E-state index in [1.165, 1.54) is 0 Å². The highest BCUT2D eigenvalue weighted by atomic mass is 32.2. The van der Waals surface area contributed by atoms with Crippen LogP contribution in [-0.4, -0.2) is 33.9 Å². The first-order valence-electron chi connectivity index (χ1n) is 5.81. The lowest BCUT2D eigenvalue weighted by molar-refractivity contribution is 0.120. The van der Waals surface area contributed by atoms with Gasteiger partial charge in [-0.25, -0.2) is 8.42 Å². The van der Waals surface area contributed by atoms with E-state index in [9.17, 15) is 8.42 Å². The molecule has 0 bridgehead atoms. The number of anilines is 2. The van der Waals surface area contributed by atoms with Gasteiger partial charge in [-0.1, -0.05) is 0 Å². The molecule has 0 saturated carbocycles. The first-order chi connectivity index (χ1) is 8.93. The quantitative estimate of drug-likeness (QED) is 0.865. The third kappa shape index (κ3) is 3.00. The second-order valence-corrected chi connectivity index (χ2v) is 7.38. The van der Waals surface area contributed by atoms with Gasteiger partial charge < -0.3 is 15.8 Å². The number of nitrogens with zero attached hydrogens (tertiary/aromatic N) is 1. The Bertz CT molecular complexity index is 610. The summed E-state index contributed by atoms with van der Waals surface area (Å²) >= 11 is 1.06. The number of rotatable bonds is 4. The van der Waals surface area contributed by atoms with Crippen molar-refractivity contribution in [1.82, 2.24) is 0 Å². The van der Waals surface area contributed by atoms with E-state index in [4.69, 9.17) is 15.7 Å². The Morgan fingerprint density at radius 2 is 2.37 bits per heavy atom. The second-order valence-electron chi connectivity index (χ2n) is 4.40. The highest BCUT2D eigenvalue weighted by Gasteiger charge is 2.25. The molecule has 1 aliphatic rings. The SMILES string of the molecule is CS(=O)(=O)c1c(NCC2CCCO2)sc(C#N)c1N. The summed E-state index contributed by atoms with van der Waals surface area (Å²) in [5.41, 5.74) is 5.75. The van der Waals surface area contributed by atoms with Crippen molar-refractivity contribution in [3.8, 4) is 6.07 Å². The van der Waals surface area contributed by atoms with E-state index in [0.717, 1.165) is 37.0 Å². The number of hydrogen-bond acceptors (Lipinski definition) is 7. The van der Waals surface area contributed by atoms with E-state index in [2.05, 4.69) is 5.32 Å². The lowest BCUT2D eigenvalue weighted by Gasteiger charge is -2.11. The van der Waals surface area contributed by atoms with Crippen LogP contribution in [0.3, 0.4) is 0 Å². The molecular formula is C11H15N3O3S2. The third-order valence-corrected chi connectivity index (χ3v) is 5.25. The second kappa shape index (κ2) is 5.36. The summed E-state index contributed by atoms with van der Waals surface area (Å²) in [5.74, 6) is 0. The van der Waals surface area contributed by atoms with E-state index in [1.54, 1.807) is 0 Å². The van der Waals surface area contributed by atoms with Crippen molar-refractivity contribution in [2.75, 3.05) is 30.5 Å². The molecule has 2 rings (SSSR count). The number of nitrogens with one attached hydrogen (secondary N) is 1. The van der Waals surface area contributed by atoms with Crippen LogP contribution in [0.25, 0.3) is 0 Å². The zero-order valence-electron chi connectivity index (χ0n) is 10.5. The van der Waals surface area contributed by atoms with Gasteiger partial charge >= 0.3 is 0 Å². The predicted molar refractivity (Wildman–Crippen MR) is 74.0 cm³/mol. The Hall–Kier alpha value is -1.30. The summed E-state index contributed by atoms with van der Waals surface area (Å²) in [6.45, 7) is 1.26. The summed E-state index contributed by atoms with van der Waals surface area (Å²) in [6, 6.07) is 1.91. The molecule has 1 aliphatic heterocycles. The average Bonchev–Trinajstić information content (AvgIpc) is 2.92. The van der Waals surface area contributed by atoms with Gasteiger partial charge in [-0.15, -0.1) is 11.3 Å². The van der Waals surface area contributed by atoms with Crippen LogP contribution in [-0.2, 0) is 14.6 Å². The lowest BCUT2D eigenvalue weighted by atomic mass is 10.2. The van der Waals surface area contributed by atoms with Gasteiger partial charge in [0.15, 0.2) is 9.84 Å². The molecule has 1 aromatic heterocycles. The number of thiophene rings is 1. The smallest absolute Gasteiger partial charge is 0.180 e. The average molecular weight is 301 g/mol. The van der Waals surface area contributed by atoms with Crippen LogP contribution < -0.4 is 11.1 Å². The fourth-order valence-corrected chi connectivity index (χ4v) is 4.38. The van der Waals surface area contributed by atoms with E-state index in [1.807, 2.05) is 6.07 Å². The highest BCUT2D eigenvalue weighted by Crippen LogP contribution is 2.38. The molecule has 3 N–H and O–H groups in total. The summed E-state index contributed by atoms with van der Waals surface area (Å²) in [7, 11) is -3.47. The van der Waals surface area contributed by atoms with Gasteiger partial charge in [0.05, 0.1) is 11.8 Å². The van der Waals surface area contributed by atoms with Gasteiger partial charge in [0.1, 0.15) is 20.8 Å². The Labute approximate surface area is 116 Å². The number of hydrogen-bond donors (Lipinski definition) is 2. The van der Waals surface area contributed by atoms with Gasteiger partial charge in [-0.05, 0) is 12.8 Å². The fourth-order valence-electron chi connectivity index (χ4n) is 2.01. The van der Waals surface area contributed by atoms with Crippen LogP contribution in [0, 0.1) is 11.3 Å². The van der Waals surface area contributed by atoms with Crippen LogP contribution in [0.4, 0.5) is 10.7 Å². The molecule has 19 heavy (non-hydrogen) atoms. The zero-order chi connectivity index (χ0) is 14.0. The normalized spacial score (nSPS) is 19.3. The van der Waals surface area contributed by atoms with Crippen molar-refractivity contribution in [2.24, 2.45) is 0 Å². The Balaban J connectivity index is 2.26. The number of nitriles is 1. The maximum absolute atomic E-state index is 11.7. The van der Waals surface area contributed by atoms with Crippen molar-refractivity contribution in [2.45, 2.75) is 23.8 Å². The Morgan fingerprint density at radius 1 is 1.63 bits per heavy atom. The van der Waals surface area contributed by atoms with E-state index in [0.29, 0.717) is 11.5 Å². The number of ether oxygens (including phenoxy) is 1. The maximum atomic E-state index is 11.7. The molecule has 6 nitrogen and oxygen atoms in total. The molecule has 0 amide bonds. The fraction of sp³-hybridized carbons (Fsp3) is 0.545. The minimum atomic E-state index is -3.47. The molecule has 104 valence electrons. The number of sulfone groups is 1. The molecule has 0 radical (unpaired) electrons. The maximum Gasteiger partial charge on any atom is 0.180 e. The molecule has 1 fully saturated rings. The lowest BCUT2D eigenvalue weighted by Crippen LogP contribution is -2.18. The summed E-state index contributed by atoms with van der Waals surface area (Å²) in [4.78, 5) is 0.238. The predicted octanol–water partition coefficient (Wildman–Crippen LogP) is 1.20. The van der Waals surface area contributed by atoms with Gasteiger partial charge in [-0.3, -0.25) is 0 Å². The monoisotopic (exact) mass is 301 g/mol. The van der Waals surface area contributed by atoms with Crippen LogP contribution >= 0.6 is 11.3 Å². The molecule has 8 heteroatoms. The molecule has 0 aromatic carbocycles.